The molecule has 0 radical (unpaired) electrons. The van der Waals surface area contributed by atoms with Crippen molar-refractivity contribution in [3.8, 4) is 28.4 Å². The van der Waals surface area contributed by atoms with Gasteiger partial charge in [-0.15, -0.1) is 0 Å². The minimum Gasteiger partial charge on any atom is -0.489 e. The molecule has 2 N–H and O–H groups in total. The summed E-state index contributed by atoms with van der Waals surface area (Å²) in [5.74, 6) is 0.903. The van der Waals surface area contributed by atoms with Crippen LogP contribution >= 0.6 is 0 Å². The maximum atomic E-state index is 13.1. The van der Waals surface area contributed by atoms with Crippen LogP contribution in [0.3, 0.4) is 0 Å². The van der Waals surface area contributed by atoms with E-state index in [0.29, 0.717) is 22.7 Å². The third kappa shape index (κ3) is 8.31. The number of hydrogen-bond acceptors (Lipinski definition) is 6. The molecule has 0 aromatic heterocycles. The lowest BCUT2D eigenvalue weighted by molar-refractivity contribution is -0.137. The van der Waals surface area contributed by atoms with E-state index in [1.165, 1.54) is 19.2 Å². The van der Waals surface area contributed by atoms with E-state index in [0.717, 1.165) is 34.4 Å². The second-order valence-electron chi connectivity index (χ2n) is 11.2. The number of alkyl halides is 3. The number of anilines is 1. The monoisotopic (exact) mass is 641 g/mol. The van der Waals surface area contributed by atoms with Crippen molar-refractivity contribution in [2.24, 2.45) is 0 Å². The first-order valence-electron chi connectivity index (χ1n) is 14.9. The molecular weight excluding hydrogens is 607 g/mol. The first kappa shape index (κ1) is 33.1. The van der Waals surface area contributed by atoms with Crippen LogP contribution in [0.1, 0.15) is 58.6 Å². The van der Waals surface area contributed by atoms with Gasteiger partial charge in [-0.05, 0) is 82.8 Å². The second kappa shape index (κ2) is 14.4. The van der Waals surface area contributed by atoms with Gasteiger partial charge in [-0.1, -0.05) is 74.5 Å². The number of carbonyl (C=O) groups is 1. The van der Waals surface area contributed by atoms with Crippen LogP contribution in [0.4, 0.5) is 18.9 Å². The third-order valence-corrected chi connectivity index (χ3v) is 7.52. The van der Waals surface area contributed by atoms with Gasteiger partial charge in [0, 0.05) is 5.56 Å². The van der Waals surface area contributed by atoms with Crippen LogP contribution in [0.5, 0.6) is 17.2 Å². The van der Waals surface area contributed by atoms with E-state index in [-0.39, 0.29) is 23.8 Å². The highest BCUT2D eigenvalue weighted by Gasteiger charge is 2.30. The average molecular weight is 642 g/mol. The number of methoxy groups -OCH3 is 1. The summed E-state index contributed by atoms with van der Waals surface area (Å²) in [6, 6.07) is 32.1. The molecule has 47 heavy (non-hydrogen) atoms. The number of aliphatic hydroxyl groups excluding tert-OH is 1. The summed E-state index contributed by atoms with van der Waals surface area (Å²) in [5.41, 5.74) is 3.75. The largest absolute Gasteiger partial charge is 0.489 e. The van der Waals surface area contributed by atoms with Crippen LogP contribution < -0.4 is 14.8 Å². The molecule has 0 aliphatic carbocycles. The van der Waals surface area contributed by atoms with Crippen molar-refractivity contribution in [3.05, 3.63) is 143 Å². The molecule has 0 aliphatic rings. The molecule has 5 aromatic carbocycles. The summed E-state index contributed by atoms with van der Waals surface area (Å²) in [7, 11) is 1.29. The van der Waals surface area contributed by atoms with E-state index < -0.39 is 23.9 Å². The molecule has 0 saturated heterocycles. The Morgan fingerprint density at radius 2 is 1.47 bits per heavy atom. The number of rotatable bonds is 11. The summed E-state index contributed by atoms with van der Waals surface area (Å²) in [6.07, 6.45) is -5.59. The lowest BCUT2D eigenvalue weighted by Gasteiger charge is -2.22. The van der Waals surface area contributed by atoms with Crippen LogP contribution in [-0.4, -0.2) is 18.2 Å². The topological polar surface area (TPSA) is 77.0 Å². The molecule has 0 aliphatic heterocycles. The summed E-state index contributed by atoms with van der Waals surface area (Å²) in [5, 5.41) is 14.2. The Bertz CT molecular complexity index is 1810. The van der Waals surface area contributed by atoms with Gasteiger partial charge in [0.15, 0.2) is 6.23 Å². The molecule has 0 spiro atoms. The zero-order chi connectivity index (χ0) is 33.6. The first-order chi connectivity index (χ1) is 22.5. The Hall–Kier alpha value is -5.28. The van der Waals surface area contributed by atoms with Gasteiger partial charge < -0.3 is 24.6 Å². The Kier molecular flexibility index (Phi) is 10.2. The maximum Gasteiger partial charge on any atom is 0.416 e. The number of esters is 1. The standard InChI is InChI=1S/C38H34F3NO5/c1-24(2)32-22-35(42-36(43)27-16-18-30(19-17-27)47-29-9-5-4-6-10-29)34(37(44)45-3)21-33(32)26-14-12-25(13-15-26)23-46-31-11-7-8-28(20-31)38(39,40)41/h4-22,24,36,42-43H,23H2,1-3H3. The maximum absolute atomic E-state index is 13.1. The highest BCUT2D eigenvalue weighted by molar-refractivity contribution is 5.98. The normalized spacial score (nSPS) is 12.0. The molecule has 5 aromatic rings. The quantitative estimate of drug-likeness (QED) is 0.110. The number of aliphatic hydroxyl groups is 1. The van der Waals surface area contributed by atoms with Crippen molar-refractivity contribution in [2.75, 3.05) is 12.4 Å². The highest BCUT2D eigenvalue weighted by atomic mass is 19.4. The number of ether oxygens (including phenoxy) is 3. The van der Waals surface area contributed by atoms with Crippen LogP contribution in [0.2, 0.25) is 0 Å². The smallest absolute Gasteiger partial charge is 0.416 e. The van der Waals surface area contributed by atoms with E-state index in [1.807, 2.05) is 74.5 Å². The van der Waals surface area contributed by atoms with E-state index in [2.05, 4.69) is 5.32 Å². The Morgan fingerprint density at radius 1 is 0.809 bits per heavy atom. The van der Waals surface area contributed by atoms with Crippen molar-refractivity contribution in [1.29, 1.82) is 0 Å². The van der Waals surface area contributed by atoms with Gasteiger partial charge in [0.2, 0.25) is 0 Å². The zero-order valence-electron chi connectivity index (χ0n) is 26.0. The number of nitrogens with one attached hydrogen (secondary N) is 1. The van der Waals surface area contributed by atoms with Gasteiger partial charge in [0.1, 0.15) is 23.9 Å². The fourth-order valence-electron chi connectivity index (χ4n) is 5.03. The van der Waals surface area contributed by atoms with Crippen molar-refractivity contribution in [3.63, 3.8) is 0 Å². The van der Waals surface area contributed by atoms with Gasteiger partial charge >= 0.3 is 12.1 Å². The Labute approximate surface area is 271 Å². The number of halogens is 3. The van der Waals surface area contributed by atoms with Crippen molar-refractivity contribution < 1.29 is 37.3 Å². The van der Waals surface area contributed by atoms with Crippen molar-refractivity contribution in [1.82, 2.24) is 0 Å². The molecule has 0 heterocycles. The highest BCUT2D eigenvalue weighted by Crippen LogP contribution is 2.36. The molecule has 0 bridgehead atoms. The van der Waals surface area contributed by atoms with Gasteiger partial charge in [-0.2, -0.15) is 13.2 Å². The molecule has 242 valence electrons. The summed E-state index contributed by atoms with van der Waals surface area (Å²) >= 11 is 0. The minimum atomic E-state index is -4.45. The molecular formula is C38H34F3NO5. The summed E-state index contributed by atoms with van der Waals surface area (Å²) in [6.45, 7) is 4.13. The lowest BCUT2D eigenvalue weighted by Crippen LogP contribution is -2.15. The summed E-state index contributed by atoms with van der Waals surface area (Å²) in [4.78, 5) is 12.9. The minimum absolute atomic E-state index is 0.0488. The van der Waals surface area contributed by atoms with Crippen molar-refractivity contribution in [2.45, 2.75) is 38.8 Å². The molecule has 0 saturated carbocycles. The zero-order valence-corrected chi connectivity index (χ0v) is 26.0. The van der Waals surface area contributed by atoms with Gasteiger partial charge in [0.05, 0.1) is 23.9 Å². The van der Waals surface area contributed by atoms with Crippen LogP contribution in [0.25, 0.3) is 11.1 Å². The summed E-state index contributed by atoms with van der Waals surface area (Å²) < 4.78 is 55.7. The molecule has 6 nitrogen and oxygen atoms in total. The van der Waals surface area contributed by atoms with Crippen LogP contribution in [0.15, 0.2) is 115 Å². The van der Waals surface area contributed by atoms with Gasteiger partial charge in [-0.25, -0.2) is 4.79 Å². The second-order valence-corrected chi connectivity index (χ2v) is 11.2. The third-order valence-electron chi connectivity index (χ3n) is 7.52. The van der Waals surface area contributed by atoms with E-state index in [4.69, 9.17) is 14.2 Å². The molecule has 0 amide bonds. The number of hydrogen-bond donors (Lipinski definition) is 2. The molecule has 1 atom stereocenters. The molecule has 5 rings (SSSR count). The molecule has 1 unspecified atom stereocenters. The Morgan fingerprint density at radius 3 is 2.11 bits per heavy atom. The molecule has 9 heteroatoms. The Balaban J connectivity index is 1.36. The predicted molar refractivity (Wildman–Crippen MR) is 175 cm³/mol. The van der Waals surface area contributed by atoms with Gasteiger partial charge in [0.25, 0.3) is 0 Å². The SMILES string of the molecule is COC(=O)c1cc(-c2ccc(COc3cccc(C(F)(F)F)c3)cc2)c(C(C)C)cc1NC(O)c1ccc(Oc2ccccc2)cc1. The van der Waals surface area contributed by atoms with Gasteiger partial charge in [-0.3, -0.25) is 0 Å². The van der Waals surface area contributed by atoms with Crippen LogP contribution in [-0.2, 0) is 17.5 Å². The first-order valence-corrected chi connectivity index (χ1v) is 14.9. The fourth-order valence-corrected chi connectivity index (χ4v) is 5.03. The van der Waals surface area contributed by atoms with Crippen LogP contribution in [0, 0.1) is 0 Å². The number of carbonyl (C=O) groups excluding carboxylic acids is 1. The molecule has 0 fully saturated rings. The van der Waals surface area contributed by atoms with E-state index >= 15 is 0 Å². The lowest BCUT2D eigenvalue weighted by atomic mass is 9.89. The number of para-hydroxylation sites is 1. The fraction of sp³-hybridized carbons (Fsp3) is 0.184. The average Bonchev–Trinajstić information content (AvgIpc) is 3.07. The van der Waals surface area contributed by atoms with E-state index in [9.17, 15) is 23.1 Å². The van der Waals surface area contributed by atoms with E-state index in [1.54, 1.807) is 30.3 Å². The number of benzene rings is 5. The van der Waals surface area contributed by atoms with Crippen molar-refractivity contribution >= 4 is 11.7 Å². The predicted octanol–water partition coefficient (Wildman–Crippen LogP) is 9.76.